The fourth-order valence-corrected chi connectivity index (χ4v) is 2.01. The Morgan fingerprint density at radius 2 is 2.05 bits per heavy atom. The SMILES string of the molecule is CCCc1c(C(=O)O)nnn1Cc1ccc([N+](=O)[O-])cc1. The Balaban J connectivity index is 2.26. The van der Waals surface area contributed by atoms with Gasteiger partial charge in [-0.3, -0.25) is 10.1 Å². The molecule has 0 aliphatic rings. The van der Waals surface area contributed by atoms with Crippen LogP contribution in [-0.4, -0.2) is 31.0 Å². The van der Waals surface area contributed by atoms with Gasteiger partial charge in [0.25, 0.3) is 5.69 Å². The first-order chi connectivity index (χ1) is 10.0. The summed E-state index contributed by atoms with van der Waals surface area (Å²) in [5, 5.41) is 27.2. The summed E-state index contributed by atoms with van der Waals surface area (Å²) >= 11 is 0. The Hall–Kier alpha value is -2.77. The number of aromatic carboxylic acids is 1. The van der Waals surface area contributed by atoms with Gasteiger partial charge in [-0.15, -0.1) is 5.10 Å². The predicted molar refractivity (Wildman–Crippen MR) is 73.2 cm³/mol. The molecule has 0 atom stereocenters. The number of carboxylic acids is 1. The molecule has 0 fully saturated rings. The van der Waals surface area contributed by atoms with Crippen molar-refractivity contribution < 1.29 is 14.8 Å². The average molecular weight is 290 g/mol. The Kier molecular flexibility index (Phi) is 4.27. The molecule has 0 bridgehead atoms. The van der Waals surface area contributed by atoms with Crippen LogP contribution in [0.5, 0.6) is 0 Å². The zero-order chi connectivity index (χ0) is 15.4. The van der Waals surface area contributed by atoms with E-state index in [-0.39, 0.29) is 11.4 Å². The maximum atomic E-state index is 11.1. The maximum absolute atomic E-state index is 11.1. The molecule has 0 aliphatic heterocycles. The van der Waals surface area contributed by atoms with E-state index in [0.717, 1.165) is 12.0 Å². The second-order valence-electron chi connectivity index (χ2n) is 4.52. The smallest absolute Gasteiger partial charge is 0.358 e. The molecule has 2 rings (SSSR count). The zero-order valence-electron chi connectivity index (χ0n) is 11.4. The van der Waals surface area contributed by atoms with Gasteiger partial charge in [-0.1, -0.05) is 30.7 Å². The molecule has 8 heteroatoms. The molecule has 0 saturated carbocycles. The zero-order valence-corrected chi connectivity index (χ0v) is 11.4. The summed E-state index contributed by atoms with van der Waals surface area (Å²) in [6, 6.07) is 6.06. The van der Waals surface area contributed by atoms with Crippen molar-refractivity contribution in [3.05, 3.63) is 51.3 Å². The van der Waals surface area contributed by atoms with Crippen LogP contribution < -0.4 is 0 Å². The molecule has 1 aromatic carbocycles. The first-order valence-electron chi connectivity index (χ1n) is 6.42. The molecular weight excluding hydrogens is 276 g/mol. The van der Waals surface area contributed by atoms with Crippen molar-refractivity contribution in [3.63, 3.8) is 0 Å². The van der Waals surface area contributed by atoms with Gasteiger partial charge in [0, 0.05) is 12.1 Å². The van der Waals surface area contributed by atoms with Crippen LogP contribution in [0.3, 0.4) is 0 Å². The van der Waals surface area contributed by atoms with Gasteiger partial charge in [0.2, 0.25) is 0 Å². The Labute approximate surface area is 120 Å². The lowest BCUT2D eigenvalue weighted by Crippen LogP contribution is -2.09. The molecule has 2 aromatic rings. The van der Waals surface area contributed by atoms with E-state index in [1.165, 1.54) is 16.8 Å². The first-order valence-corrected chi connectivity index (χ1v) is 6.42. The van der Waals surface area contributed by atoms with Gasteiger partial charge >= 0.3 is 5.97 Å². The summed E-state index contributed by atoms with van der Waals surface area (Å²) in [4.78, 5) is 21.2. The third-order valence-electron chi connectivity index (χ3n) is 3.01. The second kappa shape index (κ2) is 6.12. The Morgan fingerprint density at radius 3 is 2.57 bits per heavy atom. The van der Waals surface area contributed by atoms with Crippen molar-refractivity contribution in [3.8, 4) is 0 Å². The minimum absolute atomic E-state index is 0.0114. The molecule has 110 valence electrons. The van der Waals surface area contributed by atoms with Crippen molar-refractivity contribution in [2.75, 3.05) is 0 Å². The van der Waals surface area contributed by atoms with Crippen LogP contribution in [0.25, 0.3) is 0 Å². The summed E-state index contributed by atoms with van der Waals surface area (Å²) in [5.41, 5.74) is 1.32. The number of carbonyl (C=O) groups is 1. The molecule has 0 aliphatic carbocycles. The molecule has 0 saturated heterocycles. The third-order valence-corrected chi connectivity index (χ3v) is 3.01. The van der Waals surface area contributed by atoms with Gasteiger partial charge in [-0.05, 0) is 12.0 Å². The van der Waals surface area contributed by atoms with Crippen LogP contribution >= 0.6 is 0 Å². The lowest BCUT2D eigenvalue weighted by Gasteiger charge is -2.06. The average Bonchev–Trinajstić information content (AvgIpc) is 2.83. The number of hydrogen-bond acceptors (Lipinski definition) is 5. The molecule has 1 heterocycles. The van der Waals surface area contributed by atoms with Crippen molar-refractivity contribution in [1.82, 2.24) is 15.0 Å². The lowest BCUT2D eigenvalue weighted by molar-refractivity contribution is -0.384. The van der Waals surface area contributed by atoms with Gasteiger partial charge < -0.3 is 5.11 Å². The van der Waals surface area contributed by atoms with Crippen molar-refractivity contribution in [2.24, 2.45) is 0 Å². The summed E-state index contributed by atoms with van der Waals surface area (Å²) in [6.07, 6.45) is 1.33. The number of hydrogen-bond donors (Lipinski definition) is 1. The van der Waals surface area contributed by atoms with Gasteiger partial charge in [-0.2, -0.15) is 0 Å². The Bertz CT molecular complexity index is 663. The van der Waals surface area contributed by atoms with Crippen molar-refractivity contribution >= 4 is 11.7 Å². The van der Waals surface area contributed by atoms with E-state index in [9.17, 15) is 14.9 Å². The molecule has 1 aromatic heterocycles. The molecule has 0 amide bonds. The van der Waals surface area contributed by atoms with E-state index in [2.05, 4.69) is 10.3 Å². The normalized spacial score (nSPS) is 10.5. The van der Waals surface area contributed by atoms with E-state index in [1.54, 1.807) is 12.1 Å². The molecular formula is C13H14N4O4. The van der Waals surface area contributed by atoms with Crippen molar-refractivity contribution in [2.45, 2.75) is 26.3 Å². The molecule has 0 unspecified atom stereocenters. The predicted octanol–water partition coefficient (Wildman–Crippen LogP) is 1.89. The van der Waals surface area contributed by atoms with E-state index in [4.69, 9.17) is 5.11 Å². The minimum Gasteiger partial charge on any atom is -0.476 e. The lowest BCUT2D eigenvalue weighted by atomic mass is 10.1. The maximum Gasteiger partial charge on any atom is 0.358 e. The van der Waals surface area contributed by atoms with E-state index in [0.29, 0.717) is 18.7 Å². The topological polar surface area (TPSA) is 111 Å². The number of aromatic nitrogens is 3. The molecule has 0 radical (unpaired) electrons. The number of carboxylic acid groups (broad SMARTS) is 1. The van der Waals surface area contributed by atoms with Crippen molar-refractivity contribution in [1.29, 1.82) is 0 Å². The largest absolute Gasteiger partial charge is 0.476 e. The van der Waals surface area contributed by atoms with E-state index < -0.39 is 10.9 Å². The molecule has 8 nitrogen and oxygen atoms in total. The quantitative estimate of drug-likeness (QED) is 0.642. The molecule has 1 N–H and O–H groups in total. The molecule has 0 spiro atoms. The second-order valence-corrected chi connectivity index (χ2v) is 4.52. The van der Waals surface area contributed by atoms with E-state index >= 15 is 0 Å². The fraction of sp³-hybridized carbons (Fsp3) is 0.308. The monoisotopic (exact) mass is 290 g/mol. The standard InChI is InChI=1S/C13H14N4O4/c1-2-3-11-12(13(18)19)14-15-16(11)8-9-4-6-10(7-5-9)17(20)21/h4-7H,2-3,8H2,1H3,(H,18,19). The van der Waals surface area contributed by atoms with Gasteiger partial charge in [0.05, 0.1) is 17.2 Å². The number of non-ortho nitro benzene ring substituents is 1. The summed E-state index contributed by atoms with van der Waals surface area (Å²) < 4.78 is 1.52. The number of rotatable bonds is 6. The van der Waals surface area contributed by atoms with Crippen LogP contribution in [0.2, 0.25) is 0 Å². The van der Waals surface area contributed by atoms with Gasteiger partial charge in [0.1, 0.15) is 0 Å². The van der Waals surface area contributed by atoms with E-state index in [1.807, 2.05) is 6.92 Å². The van der Waals surface area contributed by atoms with Gasteiger partial charge in [-0.25, -0.2) is 9.48 Å². The highest BCUT2D eigenvalue weighted by molar-refractivity contribution is 5.86. The summed E-state index contributed by atoms with van der Waals surface area (Å²) in [5.74, 6) is -1.10. The highest BCUT2D eigenvalue weighted by Crippen LogP contribution is 2.15. The number of nitro benzene ring substituents is 1. The van der Waals surface area contributed by atoms with Crippen LogP contribution in [0, 0.1) is 10.1 Å². The van der Waals surface area contributed by atoms with Crippen LogP contribution in [-0.2, 0) is 13.0 Å². The number of benzene rings is 1. The fourth-order valence-electron chi connectivity index (χ4n) is 2.01. The molecule has 21 heavy (non-hydrogen) atoms. The Morgan fingerprint density at radius 1 is 1.38 bits per heavy atom. The van der Waals surface area contributed by atoms with Crippen LogP contribution in [0.1, 0.15) is 35.1 Å². The van der Waals surface area contributed by atoms with Gasteiger partial charge in [0.15, 0.2) is 5.69 Å². The van der Waals surface area contributed by atoms with Crippen LogP contribution in [0.4, 0.5) is 5.69 Å². The number of nitrogens with zero attached hydrogens (tertiary/aromatic N) is 4. The minimum atomic E-state index is -1.10. The summed E-state index contributed by atoms with van der Waals surface area (Å²) in [7, 11) is 0. The highest BCUT2D eigenvalue weighted by atomic mass is 16.6. The summed E-state index contributed by atoms with van der Waals surface area (Å²) in [6.45, 7) is 2.27. The first kappa shape index (κ1) is 14.6. The number of nitro groups is 1. The van der Waals surface area contributed by atoms with Crippen LogP contribution in [0.15, 0.2) is 24.3 Å². The third kappa shape index (κ3) is 3.22. The highest BCUT2D eigenvalue weighted by Gasteiger charge is 2.18.